The summed E-state index contributed by atoms with van der Waals surface area (Å²) in [7, 11) is 0. The van der Waals surface area contributed by atoms with Crippen molar-refractivity contribution in [1.82, 2.24) is 4.98 Å². The molecule has 2 rings (SSSR count). The molecule has 2 heterocycles. The van der Waals surface area contributed by atoms with E-state index in [0.717, 1.165) is 16.0 Å². The van der Waals surface area contributed by atoms with Crippen molar-refractivity contribution in [3.63, 3.8) is 0 Å². The van der Waals surface area contributed by atoms with Crippen molar-refractivity contribution in [2.75, 3.05) is 0 Å². The molecule has 7 heteroatoms. The zero-order chi connectivity index (χ0) is 15.6. The first-order valence-electron chi connectivity index (χ1n) is 5.93. The van der Waals surface area contributed by atoms with Crippen LogP contribution in [-0.2, 0) is 0 Å². The normalized spacial score (nSPS) is 12.5. The summed E-state index contributed by atoms with van der Waals surface area (Å²) in [6.07, 6.45) is -2.60. The van der Waals surface area contributed by atoms with Crippen LogP contribution in [0.3, 0.4) is 0 Å². The topological polar surface area (TPSA) is 62.8 Å². The number of nitrogens with two attached hydrogens (primary N) is 1. The fraction of sp³-hybridized carbons (Fsp3) is 0.143. The van der Waals surface area contributed by atoms with Crippen LogP contribution in [0.4, 0.5) is 13.2 Å². The zero-order valence-electron chi connectivity index (χ0n) is 11.0. The Morgan fingerprint density at radius 2 is 2.10 bits per heavy atom. The second-order valence-corrected chi connectivity index (χ2v) is 5.29. The quantitative estimate of drug-likeness (QED) is 0.845. The molecular formula is C14H12F3N3S. The maximum absolute atomic E-state index is 12.4. The Bertz CT molecular complexity index is 701. The standard InChI is InChI=1S/C14H12F3N3S/c1-8-3-5-21-13(8)9-2-4-20-11(6-9)10(18)7-12(19)14(15,16)17/h2-7,18H,19H2,1H3. The van der Waals surface area contributed by atoms with Gasteiger partial charge < -0.3 is 5.73 Å². The van der Waals surface area contributed by atoms with E-state index < -0.39 is 11.9 Å². The number of allylic oxidation sites excluding steroid dienone is 2. The number of thiophene rings is 1. The molecule has 2 aromatic heterocycles. The highest BCUT2D eigenvalue weighted by molar-refractivity contribution is 7.13. The van der Waals surface area contributed by atoms with Crippen LogP contribution >= 0.6 is 11.3 Å². The van der Waals surface area contributed by atoms with Crippen LogP contribution < -0.4 is 5.73 Å². The second-order valence-electron chi connectivity index (χ2n) is 4.37. The number of aromatic nitrogens is 1. The van der Waals surface area contributed by atoms with E-state index in [1.54, 1.807) is 12.1 Å². The summed E-state index contributed by atoms with van der Waals surface area (Å²) in [4.78, 5) is 4.93. The molecular weight excluding hydrogens is 299 g/mol. The first-order valence-corrected chi connectivity index (χ1v) is 6.81. The largest absolute Gasteiger partial charge is 0.430 e. The van der Waals surface area contributed by atoms with Gasteiger partial charge in [-0.2, -0.15) is 13.2 Å². The van der Waals surface area contributed by atoms with Crippen LogP contribution in [0.2, 0.25) is 0 Å². The van der Waals surface area contributed by atoms with Crippen LogP contribution in [0, 0.1) is 12.3 Å². The van der Waals surface area contributed by atoms with E-state index in [-0.39, 0.29) is 11.4 Å². The van der Waals surface area contributed by atoms with E-state index in [2.05, 4.69) is 4.98 Å². The lowest BCUT2D eigenvalue weighted by molar-refractivity contribution is -0.0925. The monoisotopic (exact) mass is 311 g/mol. The number of hydrogen-bond acceptors (Lipinski definition) is 4. The molecule has 0 aliphatic carbocycles. The Morgan fingerprint density at radius 3 is 2.67 bits per heavy atom. The number of halogens is 3. The molecule has 0 unspecified atom stereocenters. The Hall–Kier alpha value is -2.15. The van der Waals surface area contributed by atoms with Gasteiger partial charge in [0.25, 0.3) is 0 Å². The highest BCUT2D eigenvalue weighted by atomic mass is 32.1. The van der Waals surface area contributed by atoms with E-state index in [1.807, 2.05) is 18.4 Å². The molecule has 3 N–H and O–H groups in total. The van der Waals surface area contributed by atoms with E-state index in [9.17, 15) is 13.2 Å². The lowest BCUT2D eigenvalue weighted by Gasteiger charge is -2.07. The van der Waals surface area contributed by atoms with Gasteiger partial charge in [-0.1, -0.05) is 0 Å². The van der Waals surface area contributed by atoms with Crippen molar-refractivity contribution in [2.24, 2.45) is 5.73 Å². The highest BCUT2D eigenvalue weighted by Crippen LogP contribution is 2.29. The van der Waals surface area contributed by atoms with Gasteiger partial charge in [-0.05, 0) is 47.7 Å². The molecule has 0 saturated heterocycles. The van der Waals surface area contributed by atoms with Gasteiger partial charge in [0.2, 0.25) is 0 Å². The van der Waals surface area contributed by atoms with Crippen LogP contribution in [0.1, 0.15) is 11.3 Å². The molecule has 0 aromatic carbocycles. The number of nitrogens with one attached hydrogen (secondary N) is 1. The molecule has 0 bridgehead atoms. The van der Waals surface area contributed by atoms with Gasteiger partial charge in [0.15, 0.2) is 0 Å². The number of nitrogens with zero attached hydrogens (tertiary/aromatic N) is 1. The molecule has 0 radical (unpaired) electrons. The third-order valence-electron chi connectivity index (χ3n) is 2.79. The van der Waals surface area contributed by atoms with Crippen molar-refractivity contribution in [2.45, 2.75) is 13.1 Å². The lowest BCUT2D eigenvalue weighted by Crippen LogP contribution is -2.20. The van der Waals surface area contributed by atoms with E-state index in [0.29, 0.717) is 6.08 Å². The molecule has 0 saturated carbocycles. The second kappa shape index (κ2) is 5.69. The molecule has 21 heavy (non-hydrogen) atoms. The SMILES string of the molecule is Cc1ccsc1-c1ccnc(C(=N)C=C(N)C(F)(F)F)c1. The summed E-state index contributed by atoms with van der Waals surface area (Å²) in [5.74, 6) is 0. The fourth-order valence-electron chi connectivity index (χ4n) is 1.70. The molecule has 110 valence electrons. The van der Waals surface area contributed by atoms with Gasteiger partial charge in [0.05, 0.1) is 11.4 Å². The maximum atomic E-state index is 12.4. The van der Waals surface area contributed by atoms with Crippen LogP contribution in [-0.4, -0.2) is 16.9 Å². The summed E-state index contributed by atoms with van der Waals surface area (Å²) in [5.41, 5.74) is 5.25. The van der Waals surface area contributed by atoms with E-state index >= 15 is 0 Å². The molecule has 0 atom stereocenters. The maximum Gasteiger partial charge on any atom is 0.430 e. The zero-order valence-corrected chi connectivity index (χ0v) is 11.8. The van der Waals surface area contributed by atoms with Crippen molar-refractivity contribution < 1.29 is 13.2 Å². The lowest BCUT2D eigenvalue weighted by atomic mass is 10.1. The average molecular weight is 311 g/mol. The van der Waals surface area contributed by atoms with Crippen molar-refractivity contribution in [3.05, 3.63) is 52.8 Å². The number of rotatable bonds is 3. The van der Waals surface area contributed by atoms with Gasteiger partial charge in [0.1, 0.15) is 5.70 Å². The highest BCUT2D eigenvalue weighted by Gasteiger charge is 2.31. The predicted octanol–water partition coefficient (Wildman–Crippen LogP) is 3.89. The predicted molar refractivity (Wildman–Crippen MR) is 77.4 cm³/mol. The molecule has 0 amide bonds. The van der Waals surface area contributed by atoms with Crippen molar-refractivity contribution in [3.8, 4) is 10.4 Å². The summed E-state index contributed by atoms with van der Waals surface area (Å²) >= 11 is 1.52. The first kappa shape index (κ1) is 15.2. The minimum Gasteiger partial charge on any atom is -0.395 e. The molecule has 0 aliphatic rings. The first-order chi connectivity index (χ1) is 9.79. The van der Waals surface area contributed by atoms with Gasteiger partial charge in [-0.15, -0.1) is 11.3 Å². The Kier molecular flexibility index (Phi) is 4.13. The smallest absolute Gasteiger partial charge is 0.395 e. The Labute approximate surface area is 123 Å². The van der Waals surface area contributed by atoms with Gasteiger partial charge in [-0.25, -0.2) is 0 Å². The van der Waals surface area contributed by atoms with Crippen molar-refractivity contribution >= 4 is 17.0 Å². The van der Waals surface area contributed by atoms with Gasteiger partial charge in [0, 0.05) is 11.1 Å². The Morgan fingerprint density at radius 1 is 1.38 bits per heavy atom. The minimum absolute atomic E-state index is 0.146. The fourth-order valence-corrected chi connectivity index (χ4v) is 2.62. The van der Waals surface area contributed by atoms with Crippen LogP contribution in [0.15, 0.2) is 41.5 Å². The van der Waals surface area contributed by atoms with E-state index in [1.165, 1.54) is 17.5 Å². The summed E-state index contributed by atoms with van der Waals surface area (Å²) in [6, 6.07) is 5.29. The molecule has 0 spiro atoms. The minimum atomic E-state index is -4.64. The molecule has 3 nitrogen and oxygen atoms in total. The Balaban J connectivity index is 2.34. The summed E-state index contributed by atoms with van der Waals surface area (Å²) in [5, 5.41) is 9.63. The number of aryl methyl sites for hydroxylation is 1. The van der Waals surface area contributed by atoms with E-state index in [4.69, 9.17) is 11.1 Å². The van der Waals surface area contributed by atoms with Crippen molar-refractivity contribution in [1.29, 1.82) is 5.41 Å². The molecule has 0 fully saturated rings. The number of alkyl halides is 3. The number of hydrogen-bond donors (Lipinski definition) is 2. The van der Waals surface area contributed by atoms with Gasteiger partial charge in [-0.3, -0.25) is 10.4 Å². The van der Waals surface area contributed by atoms with Gasteiger partial charge >= 0.3 is 6.18 Å². The average Bonchev–Trinajstić information content (AvgIpc) is 2.84. The molecule has 0 aliphatic heterocycles. The number of pyridine rings is 1. The molecule has 2 aromatic rings. The third-order valence-corrected chi connectivity index (χ3v) is 3.85. The van der Waals surface area contributed by atoms with Crippen LogP contribution in [0.25, 0.3) is 10.4 Å². The summed E-state index contributed by atoms with van der Waals surface area (Å²) < 4.78 is 37.1. The third kappa shape index (κ3) is 3.49. The van der Waals surface area contributed by atoms with Crippen LogP contribution in [0.5, 0.6) is 0 Å². The summed E-state index contributed by atoms with van der Waals surface area (Å²) in [6.45, 7) is 1.94.